The molecule has 0 spiro atoms. The highest BCUT2D eigenvalue weighted by atomic mass is 14.8. The Kier molecular flexibility index (Phi) is 1.28. The van der Waals surface area contributed by atoms with E-state index in [1.54, 1.807) is 0 Å². The molecule has 1 aliphatic heterocycles. The normalized spacial score (nSPS) is 34.4. The highest BCUT2D eigenvalue weighted by Gasteiger charge is 2.14. The first-order valence-electron chi connectivity index (χ1n) is 3.52. The lowest BCUT2D eigenvalue weighted by Gasteiger charge is -2.18. The number of dihydropyridines is 1. The van der Waals surface area contributed by atoms with Gasteiger partial charge in [0.2, 0.25) is 0 Å². The number of allylic oxidation sites excluding steroid dienone is 3. The lowest BCUT2D eigenvalue weighted by Crippen LogP contribution is -2.16. The molecule has 0 saturated carbocycles. The quantitative estimate of drug-likeness (QED) is 0.475. The molecule has 1 aliphatic carbocycles. The van der Waals surface area contributed by atoms with Crippen molar-refractivity contribution in [1.29, 1.82) is 0 Å². The van der Waals surface area contributed by atoms with Crippen LogP contribution >= 0.6 is 0 Å². The van der Waals surface area contributed by atoms with Crippen LogP contribution in [0.5, 0.6) is 0 Å². The third-order valence-corrected chi connectivity index (χ3v) is 1.82. The molecule has 2 atom stereocenters. The van der Waals surface area contributed by atoms with Crippen molar-refractivity contribution in [1.82, 2.24) is 0 Å². The number of nitrogens with zero attached hydrogens (tertiary/aromatic N) is 1. The van der Waals surface area contributed by atoms with Gasteiger partial charge in [0.1, 0.15) is 0 Å². The third-order valence-electron chi connectivity index (χ3n) is 1.82. The van der Waals surface area contributed by atoms with Gasteiger partial charge in [-0.05, 0) is 6.08 Å². The summed E-state index contributed by atoms with van der Waals surface area (Å²) >= 11 is 0. The molecular weight excluding hydrogens is 122 g/mol. The Balaban J connectivity index is 2.28. The average molecular weight is 131 g/mol. The number of aliphatic imine (C=N–C) groups is 1. The average Bonchev–Trinajstić information content (AvgIpc) is 2.05. The zero-order chi connectivity index (χ0) is 6.81. The minimum atomic E-state index is 0.370. The highest BCUT2D eigenvalue weighted by molar-refractivity contribution is 5.73. The summed E-state index contributed by atoms with van der Waals surface area (Å²) in [5.41, 5.74) is 0. The van der Waals surface area contributed by atoms with E-state index in [1.807, 2.05) is 12.3 Å². The van der Waals surface area contributed by atoms with E-state index in [1.165, 1.54) is 0 Å². The van der Waals surface area contributed by atoms with Crippen LogP contribution in [-0.4, -0.2) is 12.3 Å². The predicted octanol–water partition coefficient (Wildman–Crippen LogP) is 1.74. The lowest BCUT2D eigenvalue weighted by molar-refractivity contribution is 0.683. The Morgan fingerprint density at radius 3 is 2.60 bits per heavy atom. The van der Waals surface area contributed by atoms with Crippen LogP contribution in [0.2, 0.25) is 0 Å². The van der Waals surface area contributed by atoms with E-state index in [2.05, 4.69) is 35.4 Å². The first-order valence-corrected chi connectivity index (χ1v) is 3.52. The molecule has 2 unspecified atom stereocenters. The van der Waals surface area contributed by atoms with Gasteiger partial charge in [0.25, 0.3) is 0 Å². The number of fused-ring (bicyclic) bond motifs is 1. The van der Waals surface area contributed by atoms with E-state index in [4.69, 9.17) is 0 Å². The van der Waals surface area contributed by atoms with Gasteiger partial charge < -0.3 is 0 Å². The minimum Gasteiger partial charge on any atom is -0.285 e. The molecule has 0 bridgehead atoms. The molecular formula is C9H9N. The molecule has 2 aliphatic rings. The molecule has 0 fully saturated rings. The molecule has 10 heavy (non-hydrogen) atoms. The van der Waals surface area contributed by atoms with Crippen molar-refractivity contribution >= 4 is 6.21 Å². The molecule has 0 saturated heterocycles. The molecule has 0 aromatic heterocycles. The Hall–Kier alpha value is -1.11. The molecule has 0 aromatic rings. The maximum atomic E-state index is 4.30. The van der Waals surface area contributed by atoms with Gasteiger partial charge in [0.15, 0.2) is 0 Å². The molecule has 1 heteroatoms. The van der Waals surface area contributed by atoms with Crippen LogP contribution in [0.4, 0.5) is 0 Å². The maximum absolute atomic E-state index is 4.30. The smallest absolute Gasteiger partial charge is 0.0780 e. The molecule has 0 radical (unpaired) electrons. The number of hydrogen-bond acceptors (Lipinski definition) is 1. The first-order chi connectivity index (χ1) is 4.97. The Labute approximate surface area is 60.5 Å². The van der Waals surface area contributed by atoms with Gasteiger partial charge in [-0.15, -0.1) is 0 Å². The number of rotatable bonds is 0. The van der Waals surface area contributed by atoms with E-state index in [-0.39, 0.29) is 0 Å². The zero-order valence-electron chi connectivity index (χ0n) is 5.64. The van der Waals surface area contributed by atoms with Crippen LogP contribution in [0.15, 0.2) is 41.4 Å². The zero-order valence-corrected chi connectivity index (χ0v) is 5.64. The molecule has 0 N–H and O–H groups in total. The van der Waals surface area contributed by atoms with Crippen molar-refractivity contribution < 1.29 is 0 Å². The van der Waals surface area contributed by atoms with Crippen molar-refractivity contribution in [3.05, 3.63) is 36.5 Å². The summed E-state index contributed by atoms with van der Waals surface area (Å²) in [6.07, 6.45) is 14.5. The second kappa shape index (κ2) is 2.25. The third kappa shape index (κ3) is 0.838. The number of hydrogen-bond donors (Lipinski definition) is 0. The summed E-state index contributed by atoms with van der Waals surface area (Å²) in [5.74, 6) is 0.509. The summed E-state index contributed by atoms with van der Waals surface area (Å²) in [6.45, 7) is 0. The Bertz CT molecular complexity index is 183. The molecule has 1 nitrogen and oxygen atoms in total. The van der Waals surface area contributed by atoms with Crippen molar-refractivity contribution in [2.24, 2.45) is 10.9 Å². The summed E-state index contributed by atoms with van der Waals surface area (Å²) in [4.78, 5) is 4.30. The van der Waals surface area contributed by atoms with Crippen LogP contribution in [-0.2, 0) is 0 Å². The van der Waals surface area contributed by atoms with Gasteiger partial charge in [-0.3, -0.25) is 4.99 Å². The van der Waals surface area contributed by atoms with Crippen LogP contribution in [0.3, 0.4) is 0 Å². The molecule has 0 aromatic carbocycles. The fourth-order valence-electron chi connectivity index (χ4n) is 1.27. The van der Waals surface area contributed by atoms with E-state index in [9.17, 15) is 0 Å². The highest BCUT2D eigenvalue weighted by Crippen LogP contribution is 2.18. The van der Waals surface area contributed by atoms with Gasteiger partial charge in [-0.25, -0.2) is 0 Å². The van der Waals surface area contributed by atoms with Gasteiger partial charge in [0.05, 0.1) is 6.04 Å². The van der Waals surface area contributed by atoms with Crippen LogP contribution < -0.4 is 0 Å². The molecule has 0 amide bonds. The van der Waals surface area contributed by atoms with Crippen molar-refractivity contribution in [3.8, 4) is 0 Å². The fraction of sp³-hybridized carbons (Fsp3) is 0.222. The van der Waals surface area contributed by atoms with E-state index >= 15 is 0 Å². The molecule has 1 heterocycles. The monoisotopic (exact) mass is 131 g/mol. The van der Waals surface area contributed by atoms with E-state index in [0.717, 1.165) is 0 Å². The second-order valence-electron chi connectivity index (χ2n) is 2.52. The Morgan fingerprint density at radius 1 is 0.900 bits per heavy atom. The van der Waals surface area contributed by atoms with Gasteiger partial charge in [-0.1, -0.05) is 30.4 Å². The van der Waals surface area contributed by atoms with Crippen molar-refractivity contribution in [2.75, 3.05) is 0 Å². The summed E-state index contributed by atoms with van der Waals surface area (Å²) in [7, 11) is 0. The SMILES string of the molecule is C1=CC2C=CC=NC2C=C1. The fourth-order valence-corrected chi connectivity index (χ4v) is 1.27. The van der Waals surface area contributed by atoms with Crippen LogP contribution in [0.1, 0.15) is 0 Å². The van der Waals surface area contributed by atoms with E-state index in [0.29, 0.717) is 12.0 Å². The maximum Gasteiger partial charge on any atom is 0.0780 e. The van der Waals surface area contributed by atoms with Crippen LogP contribution in [0, 0.1) is 5.92 Å². The topological polar surface area (TPSA) is 12.4 Å². The van der Waals surface area contributed by atoms with Crippen LogP contribution in [0.25, 0.3) is 0 Å². The lowest BCUT2D eigenvalue weighted by atomic mass is 9.94. The summed E-state index contributed by atoms with van der Waals surface area (Å²) in [5, 5.41) is 0. The Morgan fingerprint density at radius 2 is 1.70 bits per heavy atom. The second-order valence-corrected chi connectivity index (χ2v) is 2.52. The van der Waals surface area contributed by atoms with Gasteiger partial charge in [0, 0.05) is 12.1 Å². The standard InChI is InChI=1S/C9H9N/c1-2-6-9-8(4-1)5-3-7-10-9/h1-9H. The first kappa shape index (κ1) is 5.66. The van der Waals surface area contributed by atoms with Gasteiger partial charge in [-0.2, -0.15) is 0 Å². The van der Waals surface area contributed by atoms with E-state index < -0.39 is 0 Å². The molecule has 2 rings (SSSR count). The molecule has 50 valence electrons. The summed E-state index contributed by atoms with van der Waals surface area (Å²) < 4.78 is 0. The van der Waals surface area contributed by atoms with Crippen molar-refractivity contribution in [3.63, 3.8) is 0 Å². The predicted molar refractivity (Wildman–Crippen MR) is 43.2 cm³/mol. The largest absolute Gasteiger partial charge is 0.285 e. The summed E-state index contributed by atoms with van der Waals surface area (Å²) in [6, 6.07) is 0.370. The van der Waals surface area contributed by atoms with Crippen molar-refractivity contribution in [2.45, 2.75) is 6.04 Å². The van der Waals surface area contributed by atoms with Gasteiger partial charge >= 0.3 is 0 Å². The minimum absolute atomic E-state index is 0.370.